The second-order valence-corrected chi connectivity index (χ2v) is 4.12. The largest absolute Gasteiger partial charge is 0.463 e. The number of aromatic nitrogens is 1. The molecule has 0 aliphatic heterocycles. The van der Waals surface area contributed by atoms with Crippen LogP contribution in [0.3, 0.4) is 0 Å². The molecule has 17 heavy (non-hydrogen) atoms. The van der Waals surface area contributed by atoms with Crippen molar-refractivity contribution < 1.29 is 14.3 Å². The van der Waals surface area contributed by atoms with Crippen LogP contribution in [-0.2, 0) is 9.53 Å². The molecular weight excluding hydrogens is 286 g/mol. The maximum absolute atomic E-state index is 11.0. The van der Waals surface area contributed by atoms with Crippen LogP contribution in [0.15, 0.2) is 23.0 Å². The number of pyridine rings is 1. The fourth-order valence-electron chi connectivity index (χ4n) is 1.27. The van der Waals surface area contributed by atoms with Gasteiger partial charge in [-0.2, -0.15) is 0 Å². The van der Waals surface area contributed by atoms with Gasteiger partial charge < -0.3 is 9.47 Å². The molecule has 0 amide bonds. The minimum atomic E-state index is -0.429. The Bertz CT molecular complexity index is 420. The molecule has 0 radical (unpaired) electrons. The van der Waals surface area contributed by atoms with Crippen LogP contribution in [0.1, 0.15) is 18.2 Å². The summed E-state index contributed by atoms with van der Waals surface area (Å²) >= 11 is 3.31. The van der Waals surface area contributed by atoms with E-state index in [1.54, 1.807) is 6.92 Å². The van der Waals surface area contributed by atoms with E-state index in [0.717, 1.165) is 11.3 Å². The van der Waals surface area contributed by atoms with Crippen molar-refractivity contribution in [3.63, 3.8) is 0 Å². The van der Waals surface area contributed by atoms with Gasteiger partial charge in [0.1, 0.15) is 4.60 Å². The highest BCUT2D eigenvalue weighted by Crippen LogP contribution is 2.27. The van der Waals surface area contributed by atoms with E-state index in [1.807, 2.05) is 19.9 Å². The average Bonchev–Trinajstić information content (AvgIpc) is 2.22. The van der Waals surface area contributed by atoms with Gasteiger partial charge in [0.05, 0.1) is 18.9 Å². The van der Waals surface area contributed by atoms with E-state index in [2.05, 4.69) is 20.9 Å². The van der Waals surface area contributed by atoms with Crippen molar-refractivity contribution in [2.45, 2.75) is 20.8 Å². The zero-order valence-electron chi connectivity index (χ0n) is 9.99. The highest BCUT2D eigenvalue weighted by molar-refractivity contribution is 9.10. The van der Waals surface area contributed by atoms with Crippen LogP contribution in [0.25, 0.3) is 0 Å². The predicted molar refractivity (Wildman–Crippen MR) is 67.8 cm³/mol. The summed E-state index contributed by atoms with van der Waals surface area (Å²) in [5.74, 6) is 0.164. The Labute approximate surface area is 109 Å². The van der Waals surface area contributed by atoms with Gasteiger partial charge in [-0.15, -0.1) is 0 Å². The number of halogens is 1. The molecule has 1 heterocycles. The minimum Gasteiger partial charge on any atom is -0.463 e. The van der Waals surface area contributed by atoms with Crippen LogP contribution in [0, 0.1) is 13.8 Å². The first kappa shape index (κ1) is 13.7. The number of rotatable bonds is 4. The van der Waals surface area contributed by atoms with Crippen LogP contribution >= 0.6 is 15.9 Å². The Morgan fingerprint density at radius 3 is 2.82 bits per heavy atom. The molecule has 4 nitrogen and oxygen atoms in total. The zero-order chi connectivity index (χ0) is 12.8. The molecule has 1 aromatic heterocycles. The van der Waals surface area contributed by atoms with Gasteiger partial charge in [0, 0.05) is 5.69 Å². The molecular formula is C12H14BrNO3. The van der Waals surface area contributed by atoms with E-state index in [1.165, 1.54) is 12.3 Å². The molecule has 0 atom stereocenters. The first-order valence-electron chi connectivity index (χ1n) is 5.18. The molecule has 0 fully saturated rings. The van der Waals surface area contributed by atoms with E-state index < -0.39 is 5.97 Å². The van der Waals surface area contributed by atoms with E-state index >= 15 is 0 Å². The summed E-state index contributed by atoms with van der Waals surface area (Å²) in [5, 5.41) is 0. The van der Waals surface area contributed by atoms with E-state index in [4.69, 9.17) is 9.47 Å². The lowest BCUT2D eigenvalue weighted by molar-refractivity contribution is -0.137. The molecule has 0 N–H and O–H groups in total. The molecule has 92 valence electrons. The first-order valence-corrected chi connectivity index (χ1v) is 5.97. The normalized spacial score (nSPS) is 10.6. The Kier molecular flexibility index (Phi) is 5.15. The molecule has 0 bridgehead atoms. The van der Waals surface area contributed by atoms with Crippen molar-refractivity contribution in [3.8, 4) is 5.75 Å². The summed E-state index contributed by atoms with van der Waals surface area (Å²) in [6.07, 6.45) is 2.53. The maximum Gasteiger partial charge on any atom is 0.333 e. The average molecular weight is 300 g/mol. The molecule has 0 aliphatic carbocycles. The molecule has 1 aromatic rings. The van der Waals surface area contributed by atoms with E-state index in [-0.39, 0.29) is 0 Å². The summed E-state index contributed by atoms with van der Waals surface area (Å²) in [4.78, 5) is 15.3. The van der Waals surface area contributed by atoms with Crippen LogP contribution < -0.4 is 4.74 Å². The molecule has 1 rings (SSSR count). The number of aryl methyl sites for hydroxylation is 2. The van der Waals surface area contributed by atoms with Crippen LogP contribution in [0.2, 0.25) is 0 Å². The van der Waals surface area contributed by atoms with Gasteiger partial charge >= 0.3 is 5.97 Å². The Morgan fingerprint density at radius 1 is 1.53 bits per heavy atom. The van der Waals surface area contributed by atoms with Gasteiger partial charge in [-0.25, -0.2) is 9.78 Å². The third kappa shape index (κ3) is 4.19. The van der Waals surface area contributed by atoms with Crippen molar-refractivity contribution >= 4 is 21.9 Å². The number of esters is 1. The Morgan fingerprint density at radius 2 is 2.24 bits per heavy atom. The molecule has 0 unspecified atom stereocenters. The van der Waals surface area contributed by atoms with Crippen LogP contribution in [0.4, 0.5) is 0 Å². The smallest absolute Gasteiger partial charge is 0.333 e. The summed E-state index contributed by atoms with van der Waals surface area (Å²) in [7, 11) is 0. The molecule has 0 saturated heterocycles. The SMILES string of the molecule is CCOC(=O)/C=C/Oc1c(C)cc(C)nc1Br. The lowest BCUT2D eigenvalue weighted by atomic mass is 10.2. The maximum atomic E-state index is 11.0. The van der Waals surface area contributed by atoms with Crippen molar-refractivity contribution in [1.29, 1.82) is 0 Å². The fraction of sp³-hybridized carbons (Fsp3) is 0.333. The lowest BCUT2D eigenvalue weighted by Crippen LogP contribution is -2.00. The fourth-order valence-corrected chi connectivity index (χ4v) is 1.95. The van der Waals surface area contributed by atoms with Crippen molar-refractivity contribution in [2.75, 3.05) is 6.61 Å². The van der Waals surface area contributed by atoms with Crippen LogP contribution in [-0.4, -0.2) is 17.6 Å². The van der Waals surface area contributed by atoms with Crippen molar-refractivity contribution in [2.24, 2.45) is 0 Å². The summed E-state index contributed by atoms with van der Waals surface area (Å²) < 4.78 is 10.7. The summed E-state index contributed by atoms with van der Waals surface area (Å²) in [6, 6.07) is 1.90. The highest BCUT2D eigenvalue weighted by Gasteiger charge is 2.06. The van der Waals surface area contributed by atoms with Gasteiger partial charge in [-0.3, -0.25) is 0 Å². The van der Waals surface area contributed by atoms with E-state index in [0.29, 0.717) is 17.0 Å². The first-order chi connectivity index (χ1) is 8.04. The monoisotopic (exact) mass is 299 g/mol. The van der Waals surface area contributed by atoms with Gasteiger partial charge in [-0.05, 0) is 48.3 Å². The number of hydrogen-bond acceptors (Lipinski definition) is 4. The molecule has 5 heteroatoms. The molecule has 0 aromatic carbocycles. The number of nitrogens with zero attached hydrogens (tertiary/aromatic N) is 1. The standard InChI is InChI=1S/C12H14BrNO3/c1-4-16-10(15)5-6-17-11-8(2)7-9(3)14-12(11)13/h5-7H,4H2,1-3H3/b6-5+. The quantitative estimate of drug-likeness (QED) is 0.371. The summed E-state index contributed by atoms with van der Waals surface area (Å²) in [6.45, 7) is 5.90. The zero-order valence-corrected chi connectivity index (χ0v) is 11.6. The third-order valence-electron chi connectivity index (χ3n) is 1.92. The van der Waals surface area contributed by atoms with E-state index in [9.17, 15) is 4.79 Å². The number of ether oxygens (including phenoxy) is 2. The Balaban J connectivity index is 2.73. The molecule has 0 aliphatic rings. The highest BCUT2D eigenvalue weighted by atomic mass is 79.9. The number of carbonyl (C=O) groups excluding carboxylic acids is 1. The Hall–Kier alpha value is -1.36. The molecule has 0 spiro atoms. The van der Waals surface area contributed by atoms with Gasteiger partial charge in [0.25, 0.3) is 0 Å². The second kappa shape index (κ2) is 6.39. The predicted octanol–water partition coefficient (Wildman–Crippen LogP) is 2.92. The van der Waals surface area contributed by atoms with Gasteiger partial charge in [0.2, 0.25) is 0 Å². The number of hydrogen-bond donors (Lipinski definition) is 0. The molecule has 0 saturated carbocycles. The second-order valence-electron chi connectivity index (χ2n) is 3.37. The summed E-state index contributed by atoms with van der Waals surface area (Å²) in [5.41, 5.74) is 1.84. The third-order valence-corrected chi connectivity index (χ3v) is 2.46. The number of carbonyl (C=O) groups is 1. The minimum absolute atomic E-state index is 0.345. The van der Waals surface area contributed by atoms with Gasteiger partial charge in [-0.1, -0.05) is 0 Å². The van der Waals surface area contributed by atoms with Crippen LogP contribution in [0.5, 0.6) is 5.75 Å². The van der Waals surface area contributed by atoms with Gasteiger partial charge in [0.15, 0.2) is 5.75 Å². The van der Waals surface area contributed by atoms with Crippen molar-refractivity contribution in [3.05, 3.63) is 34.3 Å². The lowest BCUT2D eigenvalue weighted by Gasteiger charge is -2.07. The van der Waals surface area contributed by atoms with Crippen molar-refractivity contribution in [1.82, 2.24) is 4.98 Å². The topological polar surface area (TPSA) is 48.4 Å².